The SMILES string of the molecule is C=C(/C=C\N=CN)c1c2ccccc2c(-c2cccc3c2-c2ccccc2C3(C)C)c2cc(-c3ccc4c(c3)C(C)(C)c3ccccc3-4)ccc12. The standard InChI is InChI=1S/C49H40N2/c1-30(25-26-51-29-50)45-35-14-6-7-15-36(35)46(39-17-12-20-43-47(39)38-16-9-11-19-42(38)48(43,2)3)40-27-31(22-24-37(40)45)32-21-23-34-33-13-8-10-18-41(33)49(4,5)44(34)28-32/h6-29H,1H2,2-5H3,(H2,50,51)/b26-25-. The van der Waals surface area contributed by atoms with Crippen molar-refractivity contribution >= 4 is 33.5 Å². The Labute approximate surface area is 300 Å². The van der Waals surface area contributed by atoms with Crippen molar-refractivity contribution in [1.29, 1.82) is 0 Å². The number of allylic oxidation sites excluding steroid dienone is 2. The van der Waals surface area contributed by atoms with Gasteiger partial charge in [-0.3, -0.25) is 0 Å². The zero-order valence-corrected chi connectivity index (χ0v) is 29.6. The molecule has 2 heteroatoms. The van der Waals surface area contributed by atoms with Crippen LogP contribution in [0.1, 0.15) is 55.5 Å². The molecule has 0 unspecified atom stereocenters. The summed E-state index contributed by atoms with van der Waals surface area (Å²) in [6, 6.07) is 47.5. The third-order valence-corrected chi connectivity index (χ3v) is 11.6. The molecule has 51 heavy (non-hydrogen) atoms. The predicted octanol–water partition coefficient (Wildman–Crippen LogP) is 12.5. The number of nitrogens with zero attached hydrogens (tertiary/aromatic N) is 1. The molecule has 0 fully saturated rings. The van der Waals surface area contributed by atoms with E-state index < -0.39 is 0 Å². The minimum absolute atomic E-state index is 0.0752. The second-order valence-corrected chi connectivity index (χ2v) is 15.0. The van der Waals surface area contributed by atoms with Gasteiger partial charge in [-0.05, 0) is 118 Å². The van der Waals surface area contributed by atoms with Crippen molar-refractivity contribution < 1.29 is 0 Å². The molecule has 0 atom stereocenters. The highest BCUT2D eigenvalue weighted by Gasteiger charge is 2.38. The molecule has 0 amide bonds. The van der Waals surface area contributed by atoms with Crippen LogP contribution < -0.4 is 5.73 Å². The molecule has 2 nitrogen and oxygen atoms in total. The second-order valence-electron chi connectivity index (χ2n) is 15.0. The summed E-state index contributed by atoms with van der Waals surface area (Å²) in [6.07, 6.45) is 4.98. The number of fused-ring (bicyclic) bond motifs is 8. The van der Waals surface area contributed by atoms with Crippen LogP contribution in [0.4, 0.5) is 0 Å². The van der Waals surface area contributed by atoms with Crippen LogP contribution in [-0.2, 0) is 10.8 Å². The van der Waals surface area contributed by atoms with Gasteiger partial charge in [0, 0.05) is 17.0 Å². The first kappa shape index (κ1) is 31.0. The van der Waals surface area contributed by atoms with Crippen molar-refractivity contribution in [3.63, 3.8) is 0 Å². The Morgan fingerprint density at radius 2 is 1.10 bits per heavy atom. The first-order chi connectivity index (χ1) is 24.7. The third-order valence-electron chi connectivity index (χ3n) is 11.6. The van der Waals surface area contributed by atoms with E-state index in [4.69, 9.17) is 5.73 Å². The summed E-state index contributed by atoms with van der Waals surface area (Å²) < 4.78 is 0. The van der Waals surface area contributed by atoms with E-state index in [2.05, 4.69) is 167 Å². The number of rotatable bonds is 5. The lowest BCUT2D eigenvalue weighted by Crippen LogP contribution is -2.14. The summed E-state index contributed by atoms with van der Waals surface area (Å²) in [5.74, 6) is 0. The average molecular weight is 657 g/mol. The summed E-state index contributed by atoms with van der Waals surface area (Å²) in [7, 11) is 0. The van der Waals surface area contributed by atoms with Crippen LogP contribution >= 0.6 is 0 Å². The van der Waals surface area contributed by atoms with E-state index in [0.29, 0.717) is 0 Å². The number of benzene rings is 7. The molecule has 0 spiro atoms. The zero-order valence-electron chi connectivity index (χ0n) is 29.6. The lowest BCUT2D eigenvalue weighted by Gasteiger charge is -2.23. The summed E-state index contributed by atoms with van der Waals surface area (Å²) in [5, 5.41) is 4.74. The zero-order chi connectivity index (χ0) is 35.1. The highest BCUT2D eigenvalue weighted by Crippen LogP contribution is 2.55. The van der Waals surface area contributed by atoms with Crippen molar-refractivity contribution in [3.8, 4) is 44.5 Å². The maximum Gasteiger partial charge on any atom is 0.0852 e. The van der Waals surface area contributed by atoms with Crippen LogP contribution in [0.25, 0.3) is 71.6 Å². The molecule has 0 saturated heterocycles. The molecule has 7 aromatic rings. The van der Waals surface area contributed by atoms with E-state index in [9.17, 15) is 0 Å². The highest BCUT2D eigenvalue weighted by atomic mass is 14.8. The summed E-state index contributed by atoms with van der Waals surface area (Å²) in [4.78, 5) is 4.16. The van der Waals surface area contributed by atoms with Gasteiger partial charge in [0.2, 0.25) is 0 Å². The van der Waals surface area contributed by atoms with Gasteiger partial charge >= 0.3 is 0 Å². The van der Waals surface area contributed by atoms with Gasteiger partial charge in [0.25, 0.3) is 0 Å². The lowest BCUT2D eigenvalue weighted by atomic mass is 9.80. The van der Waals surface area contributed by atoms with E-state index >= 15 is 0 Å². The van der Waals surface area contributed by atoms with Crippen molar-refractivity contribution in [2.75, 3.05) is 0 Å². The average Bonchev–Trinajstić information content (AvgIpc) is 3.53. The first-order valence-electron chi connectivity index (χ1n) is 17.8. The Hall–Kier alpha value is -5.99. The molecule has 2 N–H and O–H groups in total. The molecule has 0 saturated carbocycles. The Bertz CT molecular complexity index is 2670. The van der Waals surface area contributed by atoms with Crippen LogP contribution in [-0.4, -0.2) is 6.34 Å². The van der Waals surface area contributed by atoms with Gasteiger partial charge in [0.15, 0.2) is 0 Å². The minimum atomic E-state index is -0.101. The fraction of sp³-hybridized carbons (Fsp3) is 0.122. The Kier molecular flexibility index (Phi) is 6.85. The van der Waals surface area contributed by atoms with Crippen LogP contribution in [0, 0.1) is 0 Å². The quantitative estimate of drug-likeness (QED) is 0.0851. The van der Waals surface area contributed by atoms with E-state index in [1.807, 2.05) is 6.08 Å². The molecule has 7 aromatic carbocycles. The topological polar surface area (TPSA) is 38.4 Å². The Balaban J connectivity index is 1.36. The lowest BCUT2D eigenvalue weighted by molar-refractivity contribution is 0.660. The molecule has 0 radical (unpaired) electrons. The fourth-order valence-corrected chi connectivity index (χ4v) is 9.11. The summed E-state index contributed by atoms with van der Waals surface area (Å²) >= 11 is 0. The van der Waals surface area contributed by atoms with Gasteiger partial charge in [-0.2, -0.15) is 0 Å². The van der Waals surface area contributed by atoms with E-state index in [1.165, 1.54) is 89.3 Å². The van der Waals surface area contributed by atoms with Gasteiger partial charge in [-0.25, -0.2) is 4.99 Å². The number of hydrogen-bond donors (Lipinski definition) is 1. The number of aliphatic imine (C=N–C) groups is 1. The number of hydrogen-bond acceptors (Lipinski definition) is 1. The van der Waals surface area contributed by atoms with Crippen LogP contribution in [0.3, 0.4) is 0 Å². The van der Waals surface area contributed by atoms with Gasteiger partial charge in [-0.1, -0.05) is 150 Å². The van der Waals surface area contributed by atoms with Crippen LogP contribution in [0.2, 0.25) is 0 Å². The van der Waals surface area contributed by atoms with Gasteiger partial charge in [-0.15, -0.1) is 0 Å². The molecule has 246 valence electrons. The summed E-state index contributed by atoms with van der Waals surface area (Å²) in [5.41, 5.74) is 23.2. The first-order valence-corrected chi connectivity index (χ1v) is 17.8. The van der Waals surface area contributed by atoms with Gasteiger partial charge in [0.1, 0.15) is 0 Å². The normalized spacial score (nSPS) is 15.0. The predicted molar refractivity (Wildman–Crippen MR) is 218 cm³/mol. The van der Waals surface area contributed by atoms with Gasteiger partial charge in [0.05, 0.1) is 6.34 Å². The van der Waals surface area contributed by atoms with Gasteiger partial charge < -0.3 is 5.73 Å². The Morgan fingerprint density at radius 3 is 1.88 bits per heavy atom. The Morgan fingerprint density at radius 1 is 0.529 bits per heavy atom. The molecule has 2 aliphatic rings. The third kappa shape index (κ3) is 4.46. The van der Waals surface area contributed by atoms with Crippen molar-refractivity contribution in [2.24, 2.45) is 10.7 Å². The van der Waals surface area contributed by atoms with E-state index in [1.54, 1.807) is 6.20 Å². The highest BCUT2D eigenvalue weighted by molar-refractivity contribution is 6.21. The molecule has 0 bridgehead atoms. The van der Waals surface area contributed by atoms with Crippen molar-refractivity contribution in [2.45, 2.75) is 38.5 Å². The smallest absolute Gasteiger partial charge is 0.0852 e. The maximum absolute atomic E-state index is 5.59. The second kappa shape index (κ2) is 11.3. The minimum Gasteiger partial charge on any atom is -0.390 e. The molecule has 0 aromatic heterocycles. The molecular formula is C49H40N2. The number of nitrogens with two attached hydrogens (primary N) is 1. The van der Waals surface area contributed by atoms with Crippen LogP contribution in [0.5, 0.6) is 0 Å². The van der Waals surface area contributed by atoms with Crippen molar-refractivity contribution in [3.05, 3.63) is 174 Å². The van der Waals surface area contributed by atoms with Crippen molar-refractivity contribution in [1.82, 2.24) is 0 Å². The molecule has 0 aliphatic heterocycles. The largest absolute Gasteiger partial charge is 0.390 e. The molecule has 9 rings (SSSR count). The molecular weight excluding hydrogens is 617 g/mol. The van der Waals surface area contributed by atoms with E-state index in [-0.39, 0.29) is 10.8 Å². The molecule has 2 aliphatic carbocycles. The maximum atomic E-state index is 5.59. The monoisotopic (exact) mass is 656 g/mol. The van der Waals surface area contributed by atoms with Crippen LogP contribution in [0.15, 0.2) is 151 Å². The fourth-order valence-electron chi connectivity index (χ4n) is 9.11. The van der Waals surface area contributed by atoms with E-state index in [0.717, 1.165) is 16.5 Å². The summed E-state index contributed by atoms with van der Waals surface area (Å²) in [6.45, 7) is 14.0. The molecule has 0 heterocycles.